The fourth-order valence-electron chi connectivity index (χ4n) is 7.98. The van der Waals surface area contributed by atoms with E-state index >= 15 is 0 Å². The van der Waals surface area contributed by atoms with Crippen molar-refractivity contribution < 1.29 is 73.6 Å². The van der Waals surface area contributed by atoms with Crippen LogP contribution in [0, 0.1) is 25.5 Å². The van der Waals surface area contributed by atoms with E-state index in [0.717, 1.165) is 36.9 Å². The van der Waals surface area contributed by atoms with E-state index in [-0.39, 0.29) is 35.3 Å². The van der Waals surface area contributed by atoms with Gasteiger partial charge in [0.1, 0.15) is 66.6 Å². The first kappa shape index (κ1) is 59.0. The molecule has 2 fully saturated rings. The minimum atomic E-state index is -1.91. The molecule has 2 aromatic heterocycles. The molecule has 2 aliphatic heterocycles. The Morgan fingerprint density at radius 2 is 1.23 bits per heavy atom. The Morgan fingerprint density at radius 1 is 0.686 bits per heavy atom. The number of carbonyl (C=O) groups is 1. The van der Waals surface area contributed by atoms with Gasteiger partial charge in [0.25, 0.3) is 0 Å². The third-order valence-corrected chi connectivity index (χ3v) is 14.1. The molecule has 378 valence electrons. The Labute approximate surface area is 451 Å². The number of methoxy groups -OCH3 is 1. The first-order chi connectivity index (χ1) is 32.8. The van der Waals surface area contributed by atoms with Crippen LogP contribution in [0.5, 0.6) is 0 Å². The summed E-state index contributed by atoms with van der Waals surface area (Å²) in [7, 11) is 1.26. The molecule has 0 saturated carbocycles. The second-order valence-electron chi connectivity index (χ2n) is 16.2. The number of aryl methyl sites for hydroxylation is 2. The van der Waals surface area contributed by atoms with Crippen molar-refractivity contribution in [3.63, 3.8) is 0 Å². The second kappa shape index (κ2) is 26.6. The van der Waals surface area contributed by atoms with Crippen molar-refractivity contribution in [1.82, 2.24) is 0 Å². The summed E-state index contributed by atoms with van der Waals surface area (Å²) in [6, 6.07) is 30.4. The van der Waals surface area contributed by atoms with Gasteiger partial charge in [0.15, 0.2) is 0 Å². The molecule has 12 nitrogen and oxygen atoms in total. The molecule has 0 bridgehead atoms. The number of benzene rings is 4. The van der Waals surface area contributed by atoms with Gasteiger partial charge in [-0.15, -0.1) is 22.7 Å². The molecule has 70 heavy (non-hydrogen) atoms. The number of hydrogen-bond donors (Lipinski definition) is 8. The number of aliphatic hydroxyl groups is 8. The molecule has 10 atom stereocenters. The predicted octanol–water partition coefficient (Wildman–Crippen LogP) is 8.63. The van der Waals surface area contributed by atoms with Gasteiger partial charge < -0.3 is 55.1 Å². The van der Waals surface area contributed by atoms with Gasteiger partial charge in [-0.2, -0.15) is 0 Å². The van der Waals surface area contributed by atoms with Crippen LogP contribution < -0.4 is 0 Å². The molecule has 4 aromatic carbocycles. The standard InChI is InChI=1S/C25H25FO7S.C24H25FO5S.CH4.3HI.V/c1-13-3-6-15(25(32-2)24(31)23(30)22(29)18(12-27)33-25)11-17(13)21(28)20-10-9-19(34-20)14-4-7-16(26)8-5-14;1-13-2-3-15(24-23(29)22(28)21(27)19(12-26)30-24)10-16(13)11-18-8-9-20(31-18)14-4-6-17(25)7-5-14;;;;;/h3-11,18,22-24,27,29-31H,12H2,1-2H3;2-10,19,21-24,26-29H,11-12H2,1H3;1H4;3*1H;/q;;;;;;+3/p-3/t18-,22-,23+,24-,25-;19-,21-,22+,23-,24+;;;;;/m01...../s1. The zero-order valence-corrected chi connectivity index (χ0v) is 46.6. The summed E-state index contributed by atoms with van der Waals surface area (Å²) in [5, 5.41) is 80.8. The zero-order valence-electron chi connectivity index (χ0n) is 37.1. The van der Waals surface area contributed by atoms with Crippen LogP contribution in [0.4, 0.5) is 8.78 Å². The molecule has 2 aliphatic rings. The maximum absolute atomic E-state index is 13.4. The molecule has 8 N–H and O–H groups in total. The fraction of sp³-hybridized carbons (Fsp3) is 0.340. The van der Waals surface area contributed by atoms with Crippen LogP contribution in [0.3, 0.4) is 0 Å². The number of hydrogen-bond acceptors (Lipinski definition) is 14. The van der Waals surface area contributed by atoms with Crippen LogP contribution in [-0.4, -0.2) is 116 Å². The van der Waals surface area contributed by atoms with Crippen LogP contribution in [0.25, 0.3) is 20.9 Å². The van der Waals surface area contributed by atoms with Crippen molar-refractivity contribution in [1.29, 1.82) is 0 Å². The van der Waals surface area contributed by atoms with Crippen LogP contribution in [-0.2, 0) is 31.3 Å². The van der Waals surface area contributed by atoms with Crippen LogP contribution in [0.1, 0.15) is 61.5 Å². The number of carbonyl (C=O) groups excluding carboxylic acids is 1. The second-order valence-corrected chi connectivity index (χ2v) is 53.9. The van der Waals surface area contributed by atoms with Gasteiger partial charge in [-0.25, -0.2) is 8.78 Å². The molecule has 0 amide bonds. The first-order valence-electron chi connectivity index (χ1n) is 21.2. The summed E-state index contributed by atoms with van der Waals surface area (Å²) >= 11 is 10.3. The Kier molecular flexibility index (Phi) is 22.4. The van der Waals surface area contributed by atoms with Crippen molar-refractivity contribution >= 4 is 88.4 Å². The number of rotatable bonds is 11. The van der Waals surface area contributed by atoms with Crippen molar-refractivity contribution in [3.05, 3.63) is 164 Å². The maximum atomic E-state index is 13.4. The third-order valence-electron chi connectivity index (χ3n) is 11.8. The topological polar surface area (TPSA) is 207 Å². The average Bonchev–Trinajstić information content (AvgIpc) is 4.03. The molecule has 6 aromatic rings. The Balaban J connectivity index is 0.000000240. The molecule has 0 spiro atoms. The summed E-state index contributed by atoms with van der Waals surface area (Å²) in [6.45, 7) is 2.69. The van der Waals surface area contributed by atoms with Crippen molar-refractivity contribution in [2.45, 2.75) is 88.4 Å². The number of aliphatic hydroxyl groups excluding tert-OH is 8. The quantitative estimate of drug-likeness (QED) is 0.0454. The average molecular weight is 1380 g/mol. The van der Waals surface area contributed by atoms with E-state index < -0.39 is 73.9 Å². The Hall–Kier alpha value is -1.86. The number of ketones is 1. The van der Waals surface area contributed by atoms with E-state index in [4.69, 9.17) is 14.2 Å². The van der Waals surface area contributed by atoms with E-state index in [1.165, 1.54) is 48.8 Å². The summed E-state index contributed by atoms with van der Waals surface area (Å²) in [5.74, 6) is -2.79. The van der Waals surface area contributed by atoms with Crippen LogP contribution >= 0.6 is 82.6 Å². The van der Waals surface area contributed by atoms with Gasteiger partial charge in [-0.05, 0) is 102 Å². The van der Waals surface area contributed by atoms with Crippen molar-refractivity contribution in [2.24, 2.45) is 0 Å². The normalized spacial score (nSPS) is 25.2. The third kappa shape index (κ3) is 13.9. The molecule has 0 radical (unpaired) electrons. The van der Waals surface area contributed by atoms with Gasteiger partial charge in [0, 0.05) is 39.3 Å². The summed E-state index contributed by atoms with van der Waals surface area (Å²) in [4.78, 5) is 16.6. The molecule has 8 rings (SSSR count). The summed E-state index contributed by atoms with van der Waals surface area (Å²) in [5.41, 5.74) is 5.79. The first-order valence-corrected chi connectivity index (χ1v) is 36.4. The zero-order chi connectivity index (χ0) is 50.3. The minimum absolute atomic E-state index is 0. The van der Waals surface area contributed by atoms with Crippen LogP contribution in [0.2, 0.25) is 0 Å². The molecule has 2 saturated heterocycles. The predicted molar refractivity (Wildman–Crippen MR) is 288 cm³/mol. The molecular weight excluding hydrogens is 1330 g/mol. The molecule has 0 unspecified atom stereocenters. The fourth-order valence-corrected chi connectivity index (χ4v) is 9.98. The van der Waals surface area contributed by atoms with E-state index in [1.807, 2.05) is 37.3 Å². The summed E-state index contributed by atoms with van der Waals surface area (Å²) in [6.07, 6.45) is -11.3. The van der Waals surface area contributed by atoms with Crippen molar-refractivity contribution in [2.75, 3.05) is 20.3 Å². The molecule has 4 heterocycles. The van der Waals surface area contributed by atoms with Gasteiger partial charge in [0.05, 0.1) is 18.1 Å². The number of ether oxygens (including phenoxy) is 3. The summed E-state index contributed by atoms with van der Waals surface area (Å²) < 4.78 is 43.3. The Morgan fingerprint density at radius 3 is 1.80 bits per heavy atom. The van der Waals surface area contributed by atoms with Crippen LogP contribution in [0.15, 0.2) is 109 Å². The van der Waals surface area contributed by atoms with Gasteiger partial charge in [-0.3, -0.25) is 4.79 Å². The molecule has 0 aliphatic carbocycles. The van der Waals surface area contributed by atoms with Crippen molar-refractivity contribution in [3.8, 4) is 20.9 Å². The Bertz CT molecular complexity index is 2640. The van der Waals surface area contributed by atoms with Gasteiger partial charge >= 0.3 is 64.9 Å². The van der Waals surface area contributed by atoms with Gasteiger partial charge in [0.2, 0.25) is 11.6 Å². The number of halogens is 5. The van der Waals surface area contributed by atoms with E-state index in [2.05, 4.69) is 59.9 Å². The van der Waals surface area contributed by atoms with E-state index in [0.29, 0.717) is 28.0 Å². The monoisotopic (exact) mass is 1380 g/mol. The number of thiophene rings is 2. The van der Waals surface area contributed by atoms with E-state index in [9.17, 15) is 54.4 Å². The molecular formula is C50H54F2I3O12S2V. The van der Waals surface area contributed by atoms with E-state index in [1.54, 1.807) is 66.8 Å². The van der Waals surface area contributed by atoms with Gasteiger partial charge in [-0.1, -0.05) is 62.0 Å². The SMILES string of the molecule is C.CO[C@@]1(c2ccc(C)c(C(=O)c3ccc(-c4ccc(F)cc4)s3)c2)O[C@@H](CO)[C@H](O)[C@@H](O)[C@@H]1O.Cc1ccc([C@@H]2O[C@H](CO)[C@@H](O)[C@H](O)[C@H]2O)cc1Cc1ccc(-c2ccc(F)cc2)s1.[I][V]([I])[I]. The molecule has 20 heteroatoms.